The minimum Gasteiger partial charge on any atom is -0.367 e. The van der Waals surface area contributed by atoms with Crippen LogP contribution in [0.2, 0.25) is 5.02 Å². The Morgan fingerprint density at radius 1 is 1.04 bits per heavy atom. The molecule has 0 aliphatic carbocycles. The van der Waals surface area contributed by atoms with Crippen LogP contribution in [0.3, 0.4) is 0 Å². The van der Waals surface area contributed by atoms with Crippen LogP contribution in [0.1, 0.15) is 38.7 Å². The van der Waals surface area contributed by atoms with Gasteiger partial charge in [0.05, 0.1) is 22.1 Å². The van der Waals surface area contributed by atoms with E-state index in [0.717, 1.165) is 47.7 Å². The number of nitrogens with zero attached hydrogens (tertiary/aromatic N) is 3. The number of fused-ring (bicyclic) bond motifs is 1. The predicted molar refractivity (Wildman–Crippen MR) is 99.2 cm³/mol. The number of unbranched alkanes of at least 4 members (excludes halogenated alkanes) is 2. The molecule has 1 aromatic heterocycles. The van der Waals surface area contributed by atoms with Crippen molar-refractivity contribution >= 4 is 34.3 Å². The molecule has 0 amide bonds. The first kappa shape index (κ1) is 17.8. The maximum Gasteiger partial charge on any atom is 0.169 e. The number of halogens is 1. The largest absolute Gasteiger partial charge is 0.367 e. The van der Waals surface area contributed by atoms with E-state index >= 15 is 0 Å². The molecular weight excluding hydrogens is 322 g/mol. The molecule has 124 valence electrons. The molecule has 0 unspecified atom stereocenters. The average molecular weight is 342 g/mol. The molecular formula is C18H20ClN5. The molecule has 0 atom stereocenters. The van der Waals surface area contributed by atoms with E-state index in [-0.39, 0.29) is 0 Å². The normalized spacial score (nSPS) is 9.92. The highest BCUT2D eigenvalue weighted by molar-refractivity contribution is 6.32. The van der Waals surface area contributed by atoms with Crippen LogP contribution in [0.5, 0.6) is 0 Å². The Morgan fingerprint density at radius 2 is 1.67 bits per heavy atom. The summed E-state index contributed by atoms with van der Waals surface area (Å²) < 4.78 is 0. The smallest absolute Gasteiger partial charge is 0.169 e. The third kappa shape index (κ3) is 4.50. The first-order valence-corrected chi connectivity index (χ1v) is 8.42. The summed E-state index contributed by atoms with van der Waals surface area (Å²) in [5.41, 5.74) is 2.21. The van der Waals surface area contributed by atoms with Crippen molar-refractivity contribution in [2.24, 2.45) is 0 Å². The lowest BCUT2D eigenvalue weighted by molar-refractivity contribution is 0.894. The van der Waals surface area contributed by atoms with Crippen LogP contribution in [0.15, 0.2) is 12.1 Å². The van der Waals surface area contributed by atoms with Crippen LogP contribution in [0.4, 0.5) is 11.6 Å². The summed E-state index contributed by atoms with van der Waals surface area (Å²) in [5.74, 6) is 7.56. The number of aromatic nitrogens is 2. The van der Waals surface area contributed by atoms with Gasteiger partial charge in [0, 0.05) is 31.5 Å². The lowest BCUT2D eigenvalue weighted by atomic mass is 10.1. The van der Waals surface area contributed by atoms with E-state index < -0.39 is 0 Å². The van der Waals surface area contributed by atoms with Gasteiger partial charge in [-0.05, 0) is 32.4 Å². The molecule has 0 spiro atoms. The second-order valence-electron chi connectivity index (χ2n) is 5.12. The average Bonchev–Trinajstić information content (AvgIpc) is 2.56. The third-order valence-corrected chi connectivity index (χ3v) is 3.57. The molecule has 0 saturated carbocycles. The quantitative estimate of drug-likeness (QED) is 0.608. The standard InChI is InChI=1S/C18H20ClN5/c1-3-21-17-18(22-4-2)24-16-12-14(19)13(11-15(16)23-17)9-7-5-6-8-10-20/h11-12H,3-6,8H2,1-2H3,(H,21,23)(H,22,24). The molecule has 0 aliphatic heterocycles. The number of nitriles is 1. The van der Waals surface area contributed by atoms with Gasteiger partial charge in [0.2, 0.25) is 0 Å². The third-order valence-electron chi connectivity index (χ3n) is 3.25. The zero-order valence-corrected chi connectivity index (χ0v) is 14.7. The van der Waals surface area contributed by atoms with Crippen LogP contribution in [0, 0.1) is 23.2 Å². The van der Waals surface area contributed by atoms with Gasteiger partial charge in [-0.25, -0.2) is 9.97 Å². The summed E-state index contributed by atoms with van der Waals surface area (Å²) in [7, 11) is 0. The van der Waals surface area contributed by atoms with Gasteiger partial charge in [-0.1, -0.05) is 23.4 Å². The number of nitrogens with one attached hydrogen (secondary N) is 2. The summed E-state index contributed by atoms with van der Waals surface area (Å²) in [6.07, 6.45) is 1.96. The lowest BCUT2D eigenvalue weighted by Gasteiger charge is -2.11. The van der Waals surface area contributed by atoms with Crippen LogP contribution in [-0.2, 0) is 0 Å². The van der Waals surface area contributed by atoms with Crippen molar-refractivity contribution in [3.8, 4) is 17.9 Å². The van der Waals surface area contributed by atoms with Gasteiger partial charge in [0.1, 0.15) is 0 Å². The maximum absolute atomic E-state index is 8.53. The Hall–Kier alpha value is -2.50. The molecule has 2 rings (SSSR count). The number of benzene rings is 1. The maximum atomic E-state index is 8.53. The highest BCUT2D eigenvalue weighted by Gasteiger charge is 2.10. The first-order chi connectivity index (χ1) is 11.7. The van der Waals surface area contributed by atoms with Crippen LogP contribution < -0.4 is 10.6 Å². The number of rotatable bonds is 6. The van der Waals surface area contributed by atoms with Crippen LogP contribution in [-0.4, -0.2) is 23.1 Å². The molecule has 0 fully saturated rings. The Balaban J connectivity index is 2.37. The summed E-state index contributed by atoms with van der Waals surface area (Å²) >= 11 is 6.32. The van der Waals surface area contributed by atoms with E-state index in [1.165, 1.54) is 0 Å². The van der Waals surface area contributed by atoms with E-state index in [0.29, 0.717) is 17.9 Å². The van der Waals surface area contributed by atoms with Gasteiger partial charge in [-0.2, -0.15) is 5.26 Å². The summed E-state index contributed by atoms with van der Waals surface area (Å²) in [6.45, 7) is 5.55. The molecule has 1 aromatic carbocycles. The van der Waals surface area contributed by atoms with Gasteiger partial charge >= 0.3 is 0 Å². The minimum absolute atomic E-state index is 0.519. The molecule has 0 radical (unpaired) electrons. The van der Waals surface area contributed by atoms with Crippen molar-refractivity contribution in [3.63, 3.8) is 0 Å². The molecule has 24 heavy (non-hydrogen) atoms. The van der Waals surface area contributed by atoms with Gasteiger partial charge < -0.3 is 10.6 Å². The van der Waals surface area contributed by atoms with Crippen molar-refractivity contribution in [1.29, 1.82) is 5.26 Å². The Bertz CT molecular complexity index is 814. The zero-order valence-electron chi connectivity index (χ0n) is 13.9. The summed E-state index contributed by atoms with van der Waals surface area (Å²) in [4.78, 5) is 9.24. The first-order valence-electron chi connectivity index (χ1n) is 8.04. The lowest BCUT2D eigenvalue weighted by Crippen LogP contribution is -2.08. The monoisotopic (exact) mass is 341 g/mol. The molecule has 5 nitrogen and oxygen atoms in total. The van der Waals surface area contributed by atoms with Crippen LogP contribution >= 0.6 is 11.6 Å². The van der Waals surface area contributed by atoms with Gasteiger partial charge in [0.25, 0.3) is 0 Å². The van der Waals surface area contributed by atoms with Crippen molar-refractivity contribution in [1.82, 2.24) is 9.97 Å². The zero-order chi connectivity index (χ0) is 17.4. The molecule has 0 saturated heterocycles. The number of hydrogen-bond donors (Lipinski definition) is 2. The van der Waals surface area contributed by atoms with E-state index in [4.69, 9.17) is 16.9 Å². The predicted octanol–water partition coefficient (Wildman–Crippen LogP) is 4.19. The molecule has 2 aromatic rings. The van der Waals surface area contributed by atoms with Gasteiger partial charge in [-0.3, -0.25) is 0 Å². The van der Waals surface area contributed by atoms with Crippen molar-refractivity contribution < 1.29 is 0 Å². The van der Waals surface area contributed by atoms with Gasteiger partial charge in [0.15, 0.2) is 11.6 Å². The molecule has 2 N–H and O–H groups in total. The molecule has 0 aliphatic rings. The number of anilines is 2. The second-order valence-corrected chi connectivity index (χ2v) is 5.52. The van der Waals surface area contributed by atoms with Crippen molar-refractivity contribution in [2.45, 2.75) is 33.1 Å². The number of hydrogen-bond acceptors (Lipinski definition) is 5. The molecule has 6 heteroatoms. The van der Waals surface area contributed by atoms with Crippen molar-refractivity contribution in [2.75, 3.05) is 23.7 Å². The highest BCUT2D eigenvalue weighted by atomic mass is 35.5. The fraction of sp³-hybridized carbons (Fsp3) is 0.389. The SMILES string of the molecule is CCNc1nc2cc(Cl)c(C#CCCCC#N)cc2nc1NCC. The Labute approximate surface area is 147 Å². The van der Waals surface area contributed by atoms with Gasteiger partial charge in [-0.15, -0.1) is 0 Å². The van der Waals surface area contributed by atoms with Crippen molar-refractivity contribution in [3.05, 3.63) is 22.7 Å². The van der Waals surface area contributed by atoms with Crippen LogP contribution in [0.25, 0.3) is 11.0 Å². The fourth-order valence-electron chi connectivity index (χ4n) is 2.17. The Kier molecular flexibility index (Phi) is 6.66. The summed E-state index contributed by atoms with van der Waals surface area (Å²) in [6, 6.07) is 5.76. The minimum atomic E-state index is 0.519. The topological polar surface area (TPSA) is 73.6 Å². The second kappa shape index (κ2) is 8.96. The molecule has 0 bridgehead atoms. The summed E-state index contributed by atoms with van der Waals surface area (Å²) in [5, 5.41) is 15.5. The van der Waals surface area contributed by atoms with E-state index in [2.05, 4.69) is 38.5 Å². The Morgan fingerprint density at radius 3 is 2.25 bits per heavy atom. The highest BCUT2D eigenvalue weighted by Crippen LogP contribution is 2.26. The van der Waals surface area contributed by atoms with E-state index in [1.54, 1.807) is 6.07 Å². The molecule has 1 heterocycles. The fourth-order valence-corrected chi connectivity index (χ4v) is 2.37. The van der Waals surface area contributed by atoms with E-state index in [1.807, 2.05) is 19.9 Å². The van der Waals surface area contributed by atoms with E-state index in [9.17, 15) is 0 Å².